The second kappa shape index (κ2) is 6.14. The molecule has 0 amide bonds. The summed E-state index contributed by atoms with van der Waals surface area (Å²) in [6, 6.07) is 10.5. The van der Waals surface area contributed by atoms with Crippen LogP contribution in [-0.4, -0.2) is 25.2 Å². The molecule has 1 aromatic carbocycles. The molecule has 0 aliphatic carbocycles. The molecule has 1 aliphatic heterocycles. The molecule has 110 valence electrons. The van der Waals surface area contributed by atoms with Gasteiger partial charge in [-0.1, -0.05) is 25.1 Å². The lowest BCUT2D eigenvalue weighted by atomic mass is 9.89. The van der Waals surface area contributed by atoms with Crippen molar-refractivity contribution in [1.29, 1.82) is 0 Å². The van der Waals surface area contributed by atoms with Gasteiger partial charge in [-0.3, -0.25) is 4.98 Å². The quantitative estimate of drug-likeness (QED) is 0.917. The molecule has 2 aromatic rings. The van der Waals surface area contributed by atoms with Gasteiger partial charge in [-0.2, -0.15) is 0 Å². The van der Waals surface area contributed by atoms with Crippen molar-refractivity contribution in [3.05, 3.63) is 53.9 Å². The highest BCUT2D eigenvalue weighted by molar-refractivity contribution is 5.42. The van der Waals surface area contributed by atoms with Gasteiger partial charge in [0.15, 0.2) is 0 Å². The van der Waals surface area contributed by atoms with E-state index in [1.807, 2.05) is 24.4 Å². The molecule has 0 spiro atoms. The van der Waals surface area contributed by atoms with Gasteiger partial charge in [0.2, 0.25) is 0 Å². The number of rotatable bonds is 5. The molecule has 0 saturated heterocycles. The number of methoxy groups -OCH3 is 1. The van der Waals surface area contributed by atoms with Gasteiger partial charge < -0.3 is 14.8 Å². The van der Waals surface area contributed by atoms with Crippen LogP contribution in [0.4, 0.5) is 0 Å². The van der Waals surface area contributed by atoms with E-state index < -0.39 is 0 Å². The monoisotopic (exact) mass is 284 g/mol. The van der Waals surface area contributed by atoms with Crippen molar-refractivity contribution in [2.24, 2.45) is 0 Å². The zero-order chi connectivity index (χ0) is 14.7. The zero-order valence-electron chi connectivity index (χ0n) is 12.4. The van der Waals surface area contributed by atoms with E-state index in [-0.39, 0.29) is 12.0 Å². The van der Waals surface area contributed by atoms with E-state index in [2.05, 4.69) is 29.4 Å². The smallest absolute Gasteiger partial charge is 0.137 e. The van der Waals surface area contributed by atoms with E-state index in [9.17, 15) is 0 Å². The molecule has 0 bridgehead atoms. The van der Waals surface area contributed by atoms with Crippen molar-refractivity contribution >= 4 is 0 Å². The van der Waals surface area contributed by atoms with Crippen molar-refractivity contribution in [2.75, 3.05) is 20.3 Å². The Labute approximate surface area is 125 Å². The van der Waals surface area contributed by atoms with E-state index in [0.717, 1.165) is 23.6 Å². The summed E-state index contributed by atoms with van der Waals surface area (Å²) in [4.78, 5) is 4.28. The maximum atomic E-state index is 5.82. The highest BCUT2D eigenvalue weighted by atomic mass is 16.5. The standard InChI is InChI=1S/C17H20N2O2/c1-3-19-17(12-8-13(20-2)10-18-9-12)15-11-21-16-7-5-4-6-14(15)16/h4-10,15,17,19H,3,11H2,1-2H3. The number of aromatic nitrogens is 1. The maximum absolute atomic E-state index is 5.82. The van der Waals surface area contributed by atoms with Crippen molar-refractivity contribution < 1.29 is 9.47 Å². The minimum absolute atomic E-state index is 0.168. The van der Waals surface area contributed by atoms with E-state index in [4.69, 9.17) is 9.47 Å². The summed E-state index contributed by atoms with van der Waals surface area (Å²) >= 11 is 0. The fraction of sp³-hybridized carbons (Fsp3) is 0.353. The Bertz CT molecular complexity index is 615. The predicted molar refractivity (Wildman–Crippen MR) is 81.9 cm³/mol. The number of ether oxygens (including phenoxy) is 2. The van der Waals surface area contributed by atoms with Crippen LogP contribution in [0.2, 0.25) is 0 Å². The number of pyridine rings is 1. The number of para-hydroxylation sites is 1. The number of nitrogens with zero attached hydrogens (tertiary/aromatic N) is 1. The van der Waals surface area contributed by atoms with Crippen LogP contribution >= 0.6 is 0 Å². The Kier molecular flexibility index (Phi) is 4.06. The molecule has 21 heavy (non-hydrogen) atoms. The summed E-state index contributed by atoms with van der Waals surface area (Å²) in [7, 11) is 1.66. The van der Waals surface area contributed by atoms with Gasteiger partial charge in [-0.25, -0.2) is 0 Å². The van der Waals surface area contributed by atoms with Gasteiger partial charge in [-0.05, 0) is 24.2 Å². The molecule has 1 aliphatic rings. The Morgan fingerprint density at radius 2 is 2.24 bits per heavy atom. The summed E-state index contributed by atoms with van der Waals surface area (Å²) in [6.07, 6.45) is 3.63. The maximum Gasteiger partial charge on any atom is 0.137 e. The summed E-state index contributed by atoms with van der Waals surface area (Å²) in [5.41, 5.74) is 2.38. The van der Waals surface area contributed by atoms with Gasteiger partial charge in [0.05, 0.1) is 19.9 Å². The third-order valence-corrected chi connectivity index (χ3v) is 3.89. The summed E-state index contributed by atoms with van der Waals surface area (Å²) in [6.45, 7) is 3.69. The highest BCUT2D eigenvalue weighted by Gasteiger charge is 2.32. The first-order chi connectivity index (χ1) is 10.3. The lowest BCUT2D eigenvalue weighted by Gasteiger charge is -2.24. The van der Waals surface area contributed by atoms with Gasteiger partial charge in [0.1, 0.15) is 11.5 Å². The van der Waals surface area contributed by atoms with E-state index in [1.54, 1.807) is 13.3 Å². The topological polar surface area (TPSA) is 43.4 Å². The first kappa shape index (κ1) is 13.9. The van der Waals surface area contributed by atoms with Crippen molar-refractivity contribution in [3.63, 3.8) is 0 Å². The average molecular weight is 284 g/mol. The predicted octanol–water partition coefficient (Wildman–Crippen LogP) is 2.92. The molecule has 0 fully saturated rings. The minimum atomic E-state index is 0.168. The molecule has 1 aromatic heterocycles. The first-order valence-corrected chi connectivity index (χ1v) is 7.27. The molecular formula is C17H20N2O2. The van der Waals surface area contributed by atoms with Crippen molar-refractivity contribution in [3.8, 4) is 11.5 Å². The number of nitrogens with one attached hydrogen (secondary N) is 1. The Balaban J connectivity index is 1.95. The van der Waals surface area contributed by atoms with Crippen LogP contribution in [0.5, 0.6) is 11.5 Å². The average Bonchev–Trinajstić information content (AvgIpc) is 2.96. The van der Waals surface area contributed by atoms with E-state index in [1.165, 1.54) is 5.56 Å². The van der Waals surface area contributed by atoms with Crippen LogP contribution in [0.15, 0.2) is 42.7 Å². The molecule has 1 N–H and O–H groups in total. The molecule has 2 atom stereocenters. The molecule has 0 saturated carbocycles. The van der Waals surface area contributed by atoms with Gasteiger partial charge >= 0.3 is 0 Å². The SMILES string of the molecule is CCNC(c1cncc(OC)c1)C1COc2ccccc21. The van der Waals surface area contributed by atoms with Gasteiger partial charge in [0, 0.05) is 23.7 Å². The van der Waals surface area contributed by atoms with Crippen LogP contribution in [-0.2, 0) is 0 Å². The van der Waals surface area contributed by atoms with Gasteiger partial charge in [-0.15, -0.1) is 0 Å². The largest absolute Gasteiger partial charge is 0.495 e. The minimum Gasteiger partial charge on any atom is -0.495 e. The molecular weight excluding hydrogens is 264 g/mol. The summed E-state index contributed by atoms with van der Waals surface area (Å²) in [5, 5.41) is 3.56. The van der Waals surface area contributed by atoms with Crippen molar-refractivity contribution in [2.45, 2.75) is 18.9 Å². The highest BCUT2D eigenvalue weighted by Crippen LogP contribution is 2.41. The Morgan fingerprint density at radius 3 is 3.05 bits per heavy atom. The third kappa shape index (κ3) is 2.72. The molecule has 2 unspecified atom stereocenters. The number of likely N-dealkylation sites (N-methyl/N-ethyl adjacent to an activating group) is 1. The third-order valence-electron chi connectivity index (χ3n) is 3.89. The van der Waals surface area contributed by atoms with Crippen molar-refractivity contribution in [1.82, 2.24) is 10.3 Å². The van der Waals surface area contributed by atoms with Crippen LogP contribution < -0.4 is 14.8 Å². The number of hydrogen-bond acceptors (Lipinski definition) is 4. The molecule has 4 heteroatoms. The van der Waals surface area contributed by atoms with E-state index >= 15 is 0 Å². The molecule has 4 nitrogen and oxygen atoms in total. The molecule has 3 rings (SSSR count). The lowest BCUT2D eigenvalue weighted by molar-refractivity contribution is 0.300. The van der Waals surface area contributed by atoms with Crippen LogP contribution in [0.25, 0.3) is 0 Å². The molecule has 2 heterocycles. The van der Waals surface area contributed by atoms with Gasteiger partial charge in [0.25, 0.3) is 0 Å². The summed E-state index contributed by atoms with van der Waals surface area (Å²) in [5.74, 6) is 2.05. The van der Waals surface area contributed by atoms with Crippen LogP contribution in [0.1, 0.15) is 30.0 Å². The van der Waals surface area contributed by atoms with E-state index in [0.29, 0.717) is 6.61 Å². The Morgan fingerprint density at radius 1 is 1.38 bits per heavy atom. The zero-order valence-corrected chi connectivity index (χ0v) is 12.4. The Hall–Kier alpha value is -2.07. The van der Waals surface area contributed by atoms with Crippen LogP contribution in [0.3, 0.4) is 0 Å². The van der Waals surface area contributed by atoms with Crippen LogP contribution in [0, 0.1) is 0 Å². The second-order valence-corrected chi connectivity index (χ2v) is 5.15. The molecule has 0 radical (unpaired) electrons. The lowest BCUT2D eigenvalue weighted by Crippen LogP contribution is -2.28. The fourth-order valence-electron chi connectivity index (χ4n) is 2.89. The number of benzene rings is 1. The number of hydrogen-bond donors (Lipinski definition) is 1. The second-order valence-electron chi connectivity index (χ2n) is 5.15. The fourth-order valence-corrected chi connectivity index (χ4v) is 2.89. The normalized spacial score (nSPS) is 17.9. The number of fused-ring (bicyclic) bond motifs is 1. The summed E-state index contributed by atoms with van der Waals surface area (Å²) < 4.78 is 11.1. The first-order valence-electron chi connectivity index (χ1n) is 7.27.